The summed E-state index contributed by atoms with van der Waals surface area (Å²) in [5.41, 5.74) is 2.41. The van der Waals surface area contributed by atoms with Crippen LogP contribution in [0.1, 0.15) is 18.4 Å². The summed E-state index contributed by atoms with van der Waals surface area (Å²) in [7, 11) is 5.18. The maximum Gasteiger partial charge on any atom is 0.191 e. The molecule has 4 rings (SSSR count). The molecule has 1 atom stereocenters. The van der Waals surface area contributed by atoms with E-state index in [9.17, 15) is 0 Å². The van der Waals surface area contributed by atoms with Crippen molar-refractivity contribution in [3.63, 3.8) is 0 Å². The Hall–Kier alpha value is -2.36. The molecule has 0 saturated carbocycles. The highest BCUT2D eigenvalue weighted by Crippen LogP contribution is 2.30. The highest BCUT2D eigenvalue weighted by molar-refractivity contribution is 14.0. The van der Waals surface area contributed by atoms with Crippen LogP contribution in [0.15, 0.2) is 47.5 Å². The summed E-state index contributed by atoms with van der Waals surface area (Å²) in [6.07, 6.45) is 3.14. The largest absolute Gasteiger partial charge is 0.497 e. The Morgan fingerprint density at radius 1 is 1.09 bits per heavy atom. The fraction of sp³-hybridized carbons (Fsp3) is 0.458. The lowest BCUT2D eigenvalue weighted by molar-refractivity contribution is 0.234. The normalized spacial score (nSPS) is 18.3. The highest BCUT2D eigenvalue weighted by atomic mass is 127. The number of fused-ring (bicyclic) bond motifs is 1. The van der Waals surface area contributed by atoms with E-state index < -0.39 is 0 Å². The minimum Gasteiger partial charge on any atom is -0.497 e. The monoisotopic (exact) mass is 552 g/mol. The summed E-state index contributed by atoms with van der Waals surface area (Å²) < 4.78 is 16.8. The molecule has 0 amide bonds. The molecule has 0 radical (unpaired) electrons. The molecule has 0 spiro atoms. The van der Waals surface area contributed by atoms with Crippen LogP contribution in [0.2, 0.25) is 0 Å². The molecule has 0 aromatic heterocycles. The maximum absolute atomic E-state index is 6.02. The molecule has 1 unspecified atom stereocenters. The van der Waals surface area contributed by atoms with Crippen molar-refractivity contribution in [3.05, 3.63) is 48.0 Å². The molecule has 2 aromatic rings. The molecule has 2 aliphatic rings. The topological polar surface area (TPSA) is 67.4 Å². The van der Waals surface area contributed by atoms with Crippen molar-refractivity contribution in [2.45, 2.75) is 31.4 Å². The lowest BCUT2D eigenvalue weighted by Gasteiger charge is -2.35. The number of anilines is 1. The lowest BCUT2D eigenvalue weighted by atomic mass is 10.0. The van der Waals surface area contributed by atoms with E-state index in [0.29, 0.717) is 6.04 Å². The molecule has 2 aromatic carbocycles. The van der Waals surface area contributed by atoms with E-state index in [1.54, 1.807) is 14.2 Å². The van der Waals surface area contributed by atoms with Gasteiger partial charge in [0.1, 0.15) is 23.4 Å². The van der Waals surface area contributed by atoms with E-state index in [1.165, 1.54) is 5.56 Å². The minimum absolute atomic E-state index is 0. The fourth-order valence-corrected chi connectivity index (χ4v) is 4.22. The smallest absolute Gasteiger partial charge is 0.191 e. The van der Waals surface area contributed by atoms with Crippen molar-refractivity contribution in [2.24, 2.45) is 4.99 Å². The zero-order chi connectivity index (χ0) is 21.6. The number of nitrogens with one attached hydrogen (secondary N) is 2. The van der Waals surface area contributed by atoms with Gasteiger partial charge in [0.2, 0.25) is 0 Å². The molecular formula is C24H33IN4O3. The number of ether oxygens (including phenoxy) is 3. The van der Waals surface area contributed by atoms with Crippen LogP contribution in [-0.2, 0) is 6.42 Å². The average molecular weight is 552 g/mol. The number of piperidine rings is 1. The van der Waals surface area contributed by atoms with Crippen LogP contribution in [0.4, 0.5) is 5.69 Å². The van der Waals surface area contributed by atoms with E-state index in [4.69, 9.17) is 14.2 Å². The van der Waals surface area contributed by atoms with E-state index in [2.05, 4.69) is 44.8 Å². The standard InChI is InChI=1S/C24H32N4O3.HI/c1-25-24(26-16-22-12-17-6-4-5-7-23(17)31-22)27-18-8-10-28(11-9-18)19-13-20(29-2)15-21(14-19)30-3;/h4-7,13-15,18,22H,8-12,16H2,1-3H3,(H2,25,26,27);1H. The van der Waals surface area contributed by atoms with Crippen molar-refractivity contribution in [1.29, 1.82) is 0 Å². The van der Waals surface area contributed by atoms with E-state index in [-0.39, 0.29) is 30.1 Å². The Balaban J connectivity index is 0.00000289. The number of hydrogen-bond donors (Lipinski definition) is 2. The Kier molecular flexibility index (Phi) is 8.72. The van der Waals surface area contributed by atoms with Gasteiger partial charge in [-0.1, -0.05) is 18.2 Å². The van der Waals surface area contributed by atoms with Gasteiger partial charge < -0.3 is 29.7 Å². The maximum atomic E-state index is 6.02. The average Bonchev–Trinajstić information content (AvgIpc) is 3.24. The first kappa shape index (κ1) is 24.3. The first-order chi connectivity index (χ1) is 15.2. The molecular weight excluding hydrogens is 519 g/mol. The molecule has 2 heterocycles. The lowest BCUT2D eigenvalue weighted by Crippen LogP contribution is -2.50. The quantitative estimate of drug-likeness (QED) is 0.325. The van der Waals surface area contributed by atoms with Gasteiger partial charge in [0.15, 0.2) is 5.96 Å². The summed E-state index contributed by atoms with van der Waals surface area (Å²) in [6, 6.07) is 14.7. The second kappa shape index (κ2) is 11.5. The first-order valence-electron chi connectivity index (χ1n) is 10.9. The molecule has 0 bridgehead atoms. The third-order valence-corrected chi connectivity index (χ3v) is 5.97. The number of methoxy groups -OCH3 is 2. The Labute approximate surface area is 207 Å². The van der Waals surface area contributed by atoms with Gasteiger partial charge in [-0.2, -0.15) is 0 Å². The summed E-state index contributed by atoms with van der Waals surface area (Å²) in [5, 5.41) is 7.01. The predicted octanol–water partition coefficient (Wildman–Crippen LogP) is 3.46. The minimum atomic E-state index is 0. The van der Waals surface area contributed by atoms with E-state index in [1.807, 2.05) is 25.2 Å². The zero-order valence-electron chi connectivity index (χ0n) is 19.0. The number of aliphatic imine (C=N–C) groups is 1. The van der Waals surface area contributed by atoms with Crippen molar-refractivity contribution in [1.82, 2.24) is 10.6 Å². The van der Waals surface area contributed by atoms with Crippen LogP contribution >= 0.6 is 24.0 Å². The van der Waals surface area contributed by atoms with Gasteiger partial charge in [-0.15, -0.1) is 24.0 Å². The molecule has 2 N–H and O–H groups in total. The number of halogens is 1. The molecule has 8 heteroatoms. The van der Waals surface area contributed by atoms with E-state index >= 15 is 0 Å². The van der Waals surface area contributed by atoms with Crippen molar-refractivity contribution < 1.29 is 14.2 Å². The predicted molar refractivity (Wildman–Crippen MR) is 139 cm³/mol. The molecule has 1 saturated heterocycles. The summed E-state index contributed by atoms with van der Waals surface area (Å²) >= 11 is 0. The fourth-order valence-electron chi connectivity index (χ4n) is 4.22. The second-order valence-electron chi connectivity index (χ2n) is 7.98. The number of guanidine groups is 1. The Morgan fingerprint density at radius 3 is 2.41 bits per heavy atom. The number of para-hydroxylation sites is 1. The highest BCUT2D eigenvalue weighted by Gasteiger charge is 2.24. The van der Waals surface area contributed by atoms with Crippen LogP contribution in [0.5, 0.6) is 17.2 Å². The molecule has 2 aliphatic heterocycles. The van der Waals surface area contributed by atoms with Gasteiger partial charge in [-0.05, 0) is 24.5 Å². The Bertz CT molecular complexity index is 869. The van der Waals surface area contributed by atoms with Crippen LogP contribution in [0.3, 0.4) is 0 Å². The molecule has 0 aliphatic carbocycles. The van der Waals surface area contributed by atoms with Gasteiger partial charge in [-0.3, -0.25) is 4.99 Å². The third-order valence-electron chi connectivity index (χ3n) is 5.97. The van der Waals surface area contributed by atoms with E-state index in [0.717, 1.165) is 67.8 Å². The van der Waals surface area contributed by atoms with Gasteiger partial charge in [0, 0.05) is 56.5 Å². The van der Waals surface area contributed by atoms with Gasteiger partial charge in [0.25, 0.3) is 0 Å². The number of rotatable bonds is 6. The van der Waals surface area contributed by atoms with Crippen LogP contribution < -0.4 is 29.7 Å². The second-order valence-corrected chi connectivity index (χ2v) is 7.98. The summed E-state index contributed by atoms with van der Waals surface area (Å²) in [6.45, 7) is 2.66. The SMILES string of the molecule is CN=C(NCC1Cc2ccccc2O1)NC1CCN(c2cc(OC)cc(OC)c2)CC1.I. The number of benzene rings is 2. The van der Waals surface area contributed by atoms with Crippen molar-refractivity contribution >= 4 is 35.6 Å². The van der Waals surface area contributed by atoms with Gasteiger partial charge >= 0.3 is 0 Å². The van der Waals surface area contributed by atoms with Gasteiger partial charge in [-0.25, -0.2) is 0 Å². The number of nitrogens with zero attached hydrogens (tertiary/aromatic N) is 2. The zero-order valence-corrected chi connectivity index (χ0v) is 21.3. The number of hydrogen-bond acceptors (Lipinski definition) is 5. The summed E-state index contributed by atoms with van der Waals surface area (Å²) in [4.78, 5) is 6.78. The van der Waals surface area contributed by atoms with Crippen LogP contribution in [-0.4, -0.2) is 59.0 Å². The van der Waals surface area contributed by atoms with Gasteiger partial charge in [0.05, 0.1) is 20.8 Å². The first-order valence-corrected chi connectivity index (χ1v) is 10.9. The van der Waals surface area contributed by atoms with Crippen LogP contribution in [0.25, 0.3) is 0 Å². The van der Waals surface area contributed by atoms with Crippen LogP contribution in [0, 0.1) is 0 Å². The molecule has 174 valence electrons. The molecule has 32 heavy (non-hydrogen) atoms. The summed E-state index contributed by atoms with van der Waals surface area (Å²) in [5.74, 6) is 3.46. The van der Waals surface area contributed by atoms with Crippen molar-refractivity contribution in [2.75, 3.05) is 45.8 Å². The molecule has 1 fully saturated rings. The molecule has 7 nitrogen and oxygen atoms in total. The Morgan fingerprint density at radius 2 is 1.78 bits per heavy atom. The van der Waals surface area contributed by atoms with Crippen molar-refractivity contribution in [3.8, 4) is 17.2 Å². The third kappa shape index (κ3) is 5.90.